The minimum Gasteiger partial charge on any atom is -0.495 e. The average molecular weight is 351 g/mol. The van der Waals surface area contributed by atoms with Gasteiger partial charge in [0.25, 0.3) is 5.91 Å². The first-order chi connectivity index (χ1) is 12.1. The molecule has 5 nitrogen and oxygen atoms in total. The fraction of sp³-hybridized carbons (Fsp3) is 0.211. The molecule has 1 heterocycles. The number of carbonyl (C=O) groups excluding carboxylic acids is 1. The first kappa shape index (κ1) is 16.9. The number of rotatable bonds is 3. The summed E-state index contributed by atoms with van der Waals surface area (Å²) < 4.78 is 8.54. The zero-order chi connectivity index (χ0) is 18.0. The number of benzene rings is 2. The third-order valence-electron chi connectivity index (χ3n) is 3.98. The van der Waals surface area contributed by atoms with Gasteiger partial charge in [0.15, 0.2) is 4.80 Å². The fourth-order valence-corrected chi connectivity index (χ4v) is 3.84. The summed E-state index contributed by atoms with van der Waals surface area (Å²) in [7, 11) is 1.64. The minimum atomic E-state index is -0.324. The maximum absolute atomic E-state index is 12.5. The van der Waals surface area contributed by atoms with E-state index in [1.165, 1.54) is 11.3 Å². The van der Waals surface area contributed by atoms with Crippen LogP contribution in [0.1, 0.15) is 28.4 Å². The summed E-state index contributed by atoms with van der Waals surface area (Å²) in [6, 6.07) is 12.5. The van der Waals surface area contributed by atoms with Gasteiger partial charge in [-0.3, -0.25) is 4.79 Å². The number of amides is 1. The number of aromatic nitrogens is 1. The van der Waals surface area contributed by atoms with E-state index >= 15 is 0 Å². The smallest absolute Gasteiger partial charge is 0.279 e. The van der Waals surface area contributed by atoms with Gasteiger partial charge in [0.05, 0.1) is 23.4 Å². The summed E-state index contributed by atoms with van der Waals surface area (Å²) >= 11 is 1.48. The van der Waals surface area contributed by atoms with E-state index in [2.05, 4.69) is 4.99 Å². The van der Waals surface area contributed by atoms with Crippen molar-refractivity contribution in [3.8, 4) is 11.8 Å². The van der Waals surface area contributed by atoms with Gasteiger partial charge in [-0.25, -0.2) is 0 Å². The Bertz CT molecular complexity index is 1050. The molecule has 0 fully saturated rings. The predicted octanol–water partition coefficient (Wildman–Crippen LogP) is 3.65. The van der Waals surface area contributed by atoms with Gasteiger partial charge in [0, 0.05) is 12.1 Å². The van der Waals surface area contributed by atoms with Crippen LogP contribution < -0.4 is 9.54 Å². The molecule has 1 amide bonds. The van der Waals surface area contributed by atoms with Crippen molar-refractivity contribution >= 4 is 27.5 Å². The normalized spacial score (nSPS) is 11.5. The van der Waals surface area contributed by atoms with Crippen molar-refractivity contribution in [3.05, 3.63) is 57.9 Å². The summed E-state index contributed by atoms with van der Waals surface area (Å²) in [6.45, 7) is 4.73. The molecule has 0 aliphatic heterocycles. The highest BCUT2D eigenvalue weighted by Gasteiger charge is 2.14. The largest absolute Gasteiger partial charge is 0.495 e. The molecule has 3 aromatic rings. The lowest BCUT2D eigenvalue weighted by Gasteiger charge is -2.07. The van der Waals surface area contributed by atoms with E-state index in [9.17, 15) is 4.79 Å². The number of fused-ring (bicyclic) bond motifs is 1. The van der Waals surface area contributed by atoms with Gasteiger partial charge in [0.2, 0.25) is 0 Å². The lowest BCUT2D eigenvalue weighted by molar-refractivity contribution is 0.0998. The van der Waals surface area contributed by atoms with Crippen molar-refractivity contribution in [1.82, 2.24) is 4.57 Å². The van der Waals surface area contributed by atoms with Crippen LogP contribution in [0.3, 0.4) is 0 Å². The van der Waals surface area contributed by atoms with Gasteiger partial charge >= 0.3 is 0 Å². The van der Waals surface area contributed by atoms with E-state index in [0.717, 1.165) is 21.5 Å². The SMILES string of the molecule is CCn1c(=NC(=O)c2ccc(C#N)cc2)sc2c(C)ccc(OC)c21. The van der Waals surface area contributed by atoms with E-state index in [-0.39, 0.29) is 5.91 Å². The van der Waals surface area contributed by atoms with Crippen molar-refractivity contribution in [2.24, 2.45) is 4.99 Å². The minimum absolute atomic E-state index is 0.324. The Kier molecular flexibility index (Phi) is 4.68. The quantitative estimate of drug-likeness (QED) is 0.723. The number of ether oxygens (including phenoxy) is 1. The molecular weight excluding hydrogens is 334 g/mol. The third kappa shape index (κ3) is 3.06. The Morgan fingerprint density at radius 2 is 2.00 bits per heavy atom. The van der Waals surface area contributed by atoms with E-state index in [1.807, 2.05) is 36.6 Å². The summed E-state index contributed by atoms with van der Waals surface area (Å²) in [5.41, 5.74) is 3.06. The number of thiazole rings is 1. The Morgan fingerprint density at radius 1 is 1.28 bits per heavy atom. The van der Waals surface area contributed by atoms with E-state index in [0.29, 0.717) is 22.5 Å². The molecule has 0 spiro atoms. The zero-order valence-electron chi connectivity index (χ0n) is 14.2. The second-order valence-electron chi connectivity index (χ2n) is 5.50. The summed E-state index contributed by atoms with van der Waals surface area (Å²) in [4.78, 5) is 17.5. The average Bonchev–Trinajstić information content (AvgIpc) is 3.01. The predicted molar refractivity (Wildman–Crippen MR) is 97.8 cm³/mol. The van der Waals surface area contributed by atoms with Gasteiger partial charge in [-0.05, 0) is 49.7 Å². The van der Waals surface area contributed by atoms with Crippen molar-refractivity contribution in [1.29, 1.82) is 5.26 Å². The highest BCUT2D eigenvalue weighted by atomic mass is 32.1. The second kappa shape index (κ2) is 6.91. The molecule has 6 heteroatoms. The lowest BCUT2D eigenvalue weighted by Crippen LogP contribution is -2.16. The van der Waals surface area contributed by atoms with Gasteiger partial charge in [0.1, 0.15) is 11.3 Å². The Morgan fingerprint density at radius 3 is 2.60 bits per heavy atom. The van der Waals surface area contributed by atoms with Gasteiger partial charge in [-0.15, -0.1) is 0 Å². The van der Waals surface area contributed by atoms with E-state index in [4.69, 9.17) is 10.00 Å². The van der Waals surface area contributed by atoms with Crippen molar-refractivity contribution < 1.29 is 9.53 Å². The topological polar surface area (TPSA) is 67.4 Å². The van der Waals surface area contributed by atoms with Crippen LogP contribution in [0.2, 0.25) is 0 Å². The highest BCUT2D eigenvalue weighted by Crippen LogP contribution is 2.30. The molecule has 0 aliphatic rings. The fourth-order valence-electron chi connectivity index (χ4n) is 2.66. The molecule has 1 aromatic heterocycles. The standard InChI is InChI=1S/C19H17N3O2S/c1-4-22-16-15(24-3)10-5-12(2)17(16)25-19(22)21-18(23)14-8-6-13(11-20)7-9-14/h5-10H,4H2,1-3H3. The van der Waals surface area contributed by atoms with Crippen LogP contribution >= 0.6 is 11.3 Å². The van der Waals surface area contributed by atoms with Crippen molar-refractivity contribution in [2.45, 2.75) is 20.4 Å². The molecule has 25 heavy (non-hydrogen) atoms. The molecule has 0 saturated carbocycles. The zero-order valence-corrected chi connectivity index (χ0v) is 15.1. The molecular formula is C19H17N3O2S. The summed E-state index contributed by atoms with van der Waals surface area (Å²) in [6.07, 6.45) is 0. The second-order valence-corrected chi connectivity index (χ2v) is 6.47. The van der Waals surface area contributed by atoms with Crippen LogP contribution in [0.5, 0.6) is 5.75 Å². The van der Waals surface area contributed by atoms with Crippen LogP contribution in [-0.2, 0) is 6.54 Å². The molecule has 0 aliphatic carbocycles. The molecule has 0 bridgehead atoms. The third-order valence-corrected chi connectivity index (χ3v) is 5.19. The molecule has 3 rings (SSSR count). The number of methoxy groups -OCH3 is 1. The highest BCUT2D eigenvalue weighted by molar-refractivity contribution is 7.16. The molecule has 0 unspecified atom stereocenters. The van der Waals surface area contributed by atoms with E-state index in [1.54, 1.807) is 31.4 Å². The number of nitriles is 1. The van der Waals surface area contributed by atoms with Crippen LogP contribution in [0.25, 0.3) is 10.2 Å². The number of carbonyl (C=O) groups is 1. The Hall–Kier alpha value is -2.91. The summed E-state index contributed by atoms with van der Waals surface area (Å²) in [5, 5.41) is 8.85. The number of aryl methyl sites for hydroxylation is 2. The molecule has 2 aromatic carbocycles. The summed E-state index contributed by atoms with van der Waals surface area (Å²) in [5.74, 6) is 0.445. The first-order valence-corrected chi connectivity index (χ1v) is 8.66. The van der Waals surface area contributed by atoms with Gasteiger partial charge in [-0.2, -0.15) is 10.3 Å². The molecule has 0 radical (unpaired) electrons. The van der Waals surface area contributed by atoms with E-state index < -0.39 is 0 Å². The monoisotopic (exact) mass is 351 g/mol. The maximum atomic E-state index is 12.5. The molecule has 0 atom stereocenters. The maximum Gasteiger partial charge on any atom is 0.279 e. The molecule has 0 saturated heterocycles. The van der Waals surface area contributed by atoms with Gasteiger partial charge in [-0.1, -0.05) is 17.4 Å². The number of hydrogen-bond acceptors (Lipinski definition) is 4. The Balaban J connectivity index is 2.17. The van der Waals surface area contributed by atoms with Crippen molar-refractivity contribution in [3.63, 3.8) is 0 Å². The lowest BCUT2D eigenvalue weighted by atomic mass is 10.1. The van der Waals surface area contributed by atoms with Gasteiger partial charge < -0.3 is 9.30 Å². The Labute approximate surface area is 149 Å². The first-order valence-electron chi connectivity index (χ1n) is 7.85. The van der Waals surface area contributed by atoms with Crippen LogP contribution in [0.4, 0.5) is 0 Å². The van der Waals surface area contributed by atoms with Crippen molar-refractivity contribution in [2.75, 3.05) is 7.11 Å². The molecule has 126 valence electrons. The van der Waals surface area contributed by atoms with Crippen LogP contribution in [0, 0.1) is 18.3 Å². The number of nitrogens with zero attached hydrogens (tertiary/aromatic N) is 3. The molecule has 0 N–H and O–H groups in total. The van der Waals surface area contributed by atoms with Crippen LogP contribution in [-0.4, -0.2) is 17.6 Å². The number of hydrogen-bond donors (Lipinski definition) is 0. The van der Waals surface area contributed by atoms with Crippen LogP contribution in [0.15, 0.2) is 41.4 Å².